The maximum atomic E-state index is 13.5. The van der Waals surface area contributed by atoms with Crippen LogP contribution in [0, 0.1) is 6.92 Å². The lowest BCUT2D eigenvalue weighted by Crippen LogP contribution is -2.34. The van der Waals surface area contributed by atoms with E-state index in [0.717, 1.165) is 27.8 Å². The summed E-state index contributed by atoms with van der Waals surface area (Å²) in [4.78, 5) is 28.2. The topological polar surface area (TPSA) is 71.8 Å². The summed E-state index contributed by atoms with van der Waals surface area (Å²) in [5, 5.41) is 10.3. The Labute approximate surface area is 185 Å². The van der Waals surface area contributed by atoms with Crippen LogP contribution < -0.4 is 15.2 Å². The molecule has 4 rings (SSSR count). The molecule has 1 N–H and O–H groups in total. The number of aromatic nitrogens is 1. The molecule has 6 nitrogen and oxygen atoms in total. The molecule has 3 aromatic carbocycles. The van der Waals surface area contributed by atoms with Gasteiger partial charge in [-0.15, -0.1) is 0 Å². The van der Waals surface area contributed by atoms with Crippen molar-refractivity contribution in [3.63, 3.8) is 0 Å². The molecule has 0 fully saturated rings. The molecule has 0 aliphatic carbocycles. The van der Waals surface area contributed by atoms with E-state index in [-0.39, 0.29) is 16.9 Å². The fraction of sp³-hybridized carbons (Fsp3) is 0.154. The maximum absolute atomic E-state index is 13.5. The minimum atomic E-state index is -0.411. The van der Waals surface area contributed by atoms with Gasteiger partial charge >= 0.3 is 0 Å². The molecule has 0 unspecified atom stereocenters. The molecule has 0 radical (unpaired) electrons. The van der Waals surface area contributed by atoms with Crippen molar-refractivity contribution in [1.82, 2.24) is 4.57 Å². The van der Waals surface area contributed by atoms with Gasteiger partial charge in [-0.1, -0.05) is 24.3 Å². The largest absolute Gasteiger partial charge is 0.508 e. The standard InChI is InChI=1S/C26H24N2O4/c1-17-14-22(32-3)13-8-19(17)16-28-24-7-5-4-6-18(24)15-23(26(28)31)25(30)27(2)20-9-11-21(29)12-10-20/h4-15,29H,16H2,1-3H3. The van der Waals surface area contributed by atoms with Crippen molar-refractivity contribution in [2.75, 3.05) is 19.1 Å². The molecule has 4 aromatic rings. The zero-order valence-electron chi connectivity index (χ0n) is 18.2. The van der Waals surface area contributed by atoms with Crippen molar-refractivity contribution in [2.45, 2.75) is 13.5 Å². The number of hydrogen-bond acceptors (Lipinski definition) is 4. The third kappa shape index (κ3) is 3.95. The summed E-state index contributed by atoms with van der Waals surface area (Å²) in [5.41, 5.74) is 3.04. The Morgan fingerprint density at radius 2 is 1.75 bits per heavy atom. The number of nitrogens with zero attached hydrogens (tertiary/aromatic N) is 2. The Balaban J connectivity index is 1.81. The van der Waals surface area contributed by atoms with Gasteiger partial charge in [-0.3, -0.25) is 9.59 Å². The van der Waals surface area contributed by atoms with Gasteiger partial charge < -0.3 is 19.3 Å². The van der Waals surface area contributed by atoms with Gasteiger partial charge in [-0.2, -0.15) is 0 Å². The van der Waals surface area contributed by atoms with Crippen molar-refractivity contribution in [1.29, 1.82) is 0 Å². The number of methoxy groups -OCH3 is 1. The second kappa shape index (κ2) is 8.59. The number of phenolic OH excluding ortho intramolecular Hbond substituents is 1. The molecular formula is C26H24N2O4. The van der Waals surface area contributed by atoms with E-state index in [0.29, 0.717) is 12.2 Å². The first-order valence-electron chi connectivity index (χ1n) is 10.2. The molecule has 1 aromatic heterocycles. The number of phenols is 1. The average molecular weight is 428 g/mol. The number of para-hydroxylation sites is 1. The summed E-state index contributed by atoms with van der Waals surface area (Å²) in [5.74, 6) is 0.451. The Kier molecular flexibility index (Phi) is 5.69. The SMILES string of the molecule is COc1ccc(Cn2c(=O)c(C(=O)N(C)c3ccc(O)cc3)cc3ccccc32)c(C)c1. The molecule has 0 saturated heterocycles. The highest BCUT2D eigenvalue weighted by molar-refractivity contribution is 6.07. The normalized spacial score (nSPS) is 10.8. The van der Waals surface area contributed by atoms with E-state index in [9.17, 15) is 14.7 Å². The van der Waals surface area contributed by atoms with Crippen LogP contribution in [0.5, 0.6) is 11.5 Å². The van der Waals surface area contributed by atoms with Crippen LogP contribution in [0.1, 0.15) is 21.5 Å². The number of aryl methyl sites for hydroxylation is 1. The predicted molar refractivity (Wildman–Crippen MR) is 126 cm³/mol. The summed E-state index contributed by atoms with van der Waals surface area (Å²) in [7, 11) is 3.23. The van der Waals surface area contributed by atoms with Crippen molar-refractivity contribution < 1.29 is 14.6 Å². The van der Waals surface area contributed by atoms with Crippen LogP contribution in [-0.4, -0.2) is 29.7 Å². The first kappa shape index (κ1) is 21.2. The number of pyridine rings is 1. The van der Waals surface area contributed by atoms with E-state index in [1.54, 1.807) is 36.9 Å². The first-order valence-corrected chi connectivity index (χ1v) is 10.2. The van der Waals surface area contributed by atoms with Gasteiger partial charge in [-0.25, -0.2) is 0 Å². The molecule has 0 aliphatic heterocycles. The Morgan fingerprint density at radius 3 is 2.44 bits per heavy atom. The van der Waals surface area contributed by atoms with Gasteiger partial charge in [0.05, 0.1) is 19.2 Å². The molecular weight excluding hydrogens is 404 g/mol. The van der Waals surface area contributed by atoms with Crippen molar-refractivity contribution >= 4 is 22.5 Å². The van der Waals surface area contributed by atoms with E-state index >= 15 is 0 Å². The zero-order chi connectivity index (χ0) is 22.8. The lowest BCUT2D eigenvalue weighted by atomic mass is 10.1. The summed E-state index contributed by atoms with van der Waals surface area (Å²) in [6, 6.07) is 21.2. The van der Waals surface area contributed by atoms with E-state index in [1.165, 1.54) is 17.0 Å². The lowest BCUT2D eigenvalue weighted by molar-refractivity contribution is 0.0991. The molecule has 0 spiro atoms. The quantitative estimate of drug-likeness (QED) is 0.513. The number of hydrogen-bond donors (Lipinski definition) is 1. The molecule has 1 heterocycles. The van der Waals surface area contributed by atoms with E-state index in [2.05, 4.69) is 0 Å². The number of rotatable bonds is 5. The number of carbonyl (C=O) groups is 1. The third-order valence-electron chi connectivity index (χ3n) is 5.65. The van der Waals surface area contributed by atoms with Gasteiger partial charge in [0.25, 0.3) is 11.5 Å². The molecule has 1 amide bonds. The van der Waals surface area contributed by atoms with E-state index < -0.39 is 5.91 Å². The fourth-order valence-corrected chi connectivity index (χ4v) is 3.75. The summed E-state index contributed by atoms with van der Waals surface area (Å²) in [6.07, 6.45) is 0. The van der Waals surface area contributed by atoms with Gasteiger partial charge in [0.1, 0.15) is 17.1 Å². The molecule has 0 bridgehead atoms. The van der Waals surface area contributed by atoms with Crippen LogP contribution in [0.25, 0.3) is 10.9 Å². The number of anilines is 1. The van der Waals surface area contributed by atoms with Crippen molar-refractivity contribution in [2.24, 2.45) is 0 Å². The number of fused-ring (bicyclic) bond motifs is 1. The summed E-state index contributed by atoms with van der Waals surface area (Å²) in [6.45, 7) is 2.30. The van der Waals surface area contributed by atoms with Crippen LogP contribution in [0.2, 0.25) is 0 Å². The fourth-order valence-electron chi connectivity index (χ4n) is 3.75. The molecule has 0 aliphatic rings. The summed E-state index contributed by atoms with van der Waals surface area (Å²) >= 11 is 0. The van der Waals surface area contributed by atoms with Crippen LogP contribution in [0.15, 0.2) is 77.6 Å². The number of benzene rings is 3. The smallest absolute Gasteiger partial charge is 0.264 e. The van der Waals surface area contributed by atoms with Crippen molar-refractivity contribution in [3.05, 3.63) is 99.8 Å². The van der Waals surface area contributed by atoms with Crippen LogP contribution >= 0.6 is 0 Å². The molecule has 162 valence electrons. The van der Waals surface area contributed by atoms with Crippen LogP contribution in [0.4, 0.5) is 5.69 Å². The average Bonchev–Trinajstić information content (AvgIpc) is 2.81. The Morgan fingerprint density at radius 1 is 1.03 bits per heavy atom. The predicted octanol–water partition coefficient (Wildman–Crippen LogP) is 4.35. The van der Waals surface area contributed by atoms with Gasteiger partial charge in [0, 0.05) is 12.7 Å². The minimum absolute atomic E-state index is 0.0884. The highest BCUT2D eigenvalue weighted by Crippen LogP contribution is 2.22. The van der Waals surface area contributed by atoms with Crippen LogP contribution in [-0.2, 0) is 6.54 Å². The minimum Gasteiger partial charge on any atom is -0.508 e. The van der Waals surface area contributed by atoms with Crippen molar-refractivity contribution in [3.8, 4) is 11.5 Å². The monoisotopic (exact) mass is 428 g/mol. The highest BCUT2D eigenvalue weighted by atomic mass is 16.5. The number of carbonyl (C=O) groups excluding carboxylic acids is 1. The van der Waals surface area contributed by atoms with Gasteiger partial charge in [0.15, 0.2) is 0 Å². The molecule has 0 atom stereocenters. The third-order valence-corrected chi connectivity index (χ3v) is 5.65. The zero-order valence-corrected chi connectivity index (χ0v) is 18.2. The number of amides is 1. The second-order valence-electron chi connectivity index (χ2n) is 7.68. The molecule has 0 saturated carbocycles. The molecule has 32 heavy (non-hydrogen) atoms. The number of ether oxygens (including phenoxy) is 1. The maximum Gasteiger partial charge on any atom is 0.264 e. The summed E-state index contributed by atoms with van der Waals surface area (Å²) < 4.78 is 6.93. The van der Waals surface area contributed by atoms with E-state index in [4.69, 9.17) is 4.74 Å². The van der Waals surface area contributed by atoms with Gasteiger partial charge in [-0.05, 0) is 72.0 Å². The lowest BCUT2D eigenvalue weighted by Gasteiger charge is -2.19. The highest BCUT2D eigenvalue weighted by Gasteiger charge is 2.20. The van der Waals surface area contributed by atoms with Gasteiger partial charge in [0.2, 0.25) is 0 Å². The van der Waals surface area contributed by atoms with E-state index in [1.807, 2.05) is 49.4 Å². The Hall–Kier alpha value is -4.06. The number of aromatic hydroxyl groups is 1. The Bertz CT molecular complexity index is 1360. The first-order chi connectivity index (χ1) is 15.4. The second-order valence-corrected chi connectivity index (χ2v) is 7.68. The molecule has 6 heteroatoms. The van der Waals surface area contributed by atoms with Crippen LogP contribution in [0.3, 0.4) is 0 Å².